The van der Waals surface area contributed by atoms with Crippen LogP contribution in [0.1, 0.15) is 50.6 Å². The van der Waals surface area contributed by atoms with Crippen molar-refractivity contribution >= 4 is 17.5 Å². The molecule has 1 atom stereocenters. The summed E-state index contributed by atoms with van der Waals surface area (Å²) in [6.07, 6.45) is 3.00. The number of nitrogens with two attached hydrogens (primary N) is 1. The highest BCUT2D eigenvalue weighted by Crippen LogP contribution is 2.36. The van der Waals surface area contributed by atoms with Crippen molar-refractivity contribution < 1.29 is 18.4 Å². The summed E-state index contributed by atoms with van der Waals surface area (Å²) in [6.45, 7) is 1.53. The number of alkyl halides is 2. The number of amides is 2. The SMILES string of the molecule is CC(=O)NC1CCC(CC(=O)Nc2cccnc2-c2ccccc2-c2ccc([C@H](N)C(F)F)cc2)CC1. The molecule has 1 heterocycles. The van der Waals surface area contributed by atoms with Gasteiger partial charge in [0.25, 0.3) is 6.43 Å². The zero-order valence-corrected chi connectivity index (χ0v) is 20.8. The van der Waals surface area contributed by atoms with Gasteiger partial charge in [-0.1, -0.05) is 48.5 Å². The van der Waals surface area contributed by atoms with Crippen molar-refractivity contribution in [2.24, 2.45) is 11.7 Å². The lowest BCUT2D eigenvalue weighted by molar-refractivity contribution is -0.120. The summed E-state index contributed by atoms with van der Waals surface area (Å²) in [6, 6.07) is 16.9. The average Bonchev–Trinajstić information content (AvgIpc) is 2.89. The Kier molecular flexibility index (Phi) is 8.61. The molecule has 1 aliphatic rings. The number of anilines is 1. The number of halogens is 2. The van der Waals surface area contributed by atoms with Gasteiger partial charge in [-0.25, -0.2) is 8.78 Å². The van der Waals surface area contributed by atoms with E-state index in [1.807, 2.05) is 30.3 Å². The van der Waals surface area contributed by atoms with Crippen LogP contribution in [0.5, 0.6) is 0 Å². The molecule has 194 valence electrons. The minimum absolute atomic E-state index is 0.0155. The summed E-state index contributed by atoms with van der Waals surface area (Å²) in [5.74, 6) is 0.189. The fraction of sp³-hybridized carbons (Fsp3) is 0.345. The van der Waals surface area contributed by atoms with Crippen molar-refractivity contribution in [3.63, 3.8) is 0 Å². The van der Waals surface area contributed by atoms with Gasteiger partial charge in [-0.2, -0.15) is 0 Å². The van der Waals surface area contributed by atoms with E-state index in [-0.39, 0.29) is 23.8 Å². The van der Waals surface area contributed by atoms with Crippen LogP contribution in [-0.4, -0.2) is 29.3 Å². The molecular weight excluding hydrogens is 474 g/mol. The maximum Gasteiger partial charge on any atom is 0.257 e. The number of carbonyl (C=O) groups is 2. The van der Waals surface area contributed by atoms with Crippen LogP contribution in [0.2, 0.25) is 0 Å². The third-order valence-corrected chi connectivity index (χ3v) is 6.87. The second-order valence-electron chi connectivity index (χ2n) is 9.60. The number of carbonyl (C=O) groups excluding carboxylic acids is 2. The highest BCUT2D eigenvalue weighted by Gasteiger charge is 2.24. The molecule has 6 nitrogen and oxygen atoms in total. The van der Waals surface area contributed by atoms with Crippen molar-refractivity contribution in [3.8, 4) is 22.4 Å². The quantitative estimate of drug-likeness (QED) is 0.365. The minimum Gasteiger partial charge on any atom is -0.354 e. The maximum absolute atomic E-state index is 13.0. The number of benzene rings is 2. The van der Waals surface area contributed by atoms with Crippen LogP contribution in [0.4, 0.5) is 14.5 Å². The molecule has 0 aliphatic heterocycles. The number of pyridine rings is 1. The van der Waals surface area contributed by atoms with Gasteiger partial charge in [-0.3, -0.25) is 14.6 Å². The van der Waals surface area contributed by atoms with Crippen molar-refractivity contribution in [2.75, 3.05) is 5.32 Å². The van der Waals surface area contributed by atoms with E-state index < -0.39 is 12.5 Å². The molecule has 1 aliphatic carbocycles. The fourth-order valence-electron chi connectivity index (χ4n) is 4.95. The van der Waals surface area contributed by atoms with Gasteiger partial charge in [-0.15, -0.1) is 0 Å². The zero-order valence-electron chi connectivity index (χ0n) is 20.8. The van der Waals surface area contributed by atoms with Gasteiger partial charge < -0.3 is 16.4 Å². The molecule has 4 N–H and O–H groups in total. The smallest absolute Gasteiger partial charge is 0.257 e. The normalized spacial score (nSPS) is 18.3. The van der Waals surface area contributed by atoms with E-state index in [2.05, 4.69) is 15.6 Å². The molecule has 4 rings (SSSR count). The number of hydrogen-bond donors (Lipinski definition) is 3. The molecule has 3 aromatic rings. The number of rotatable bonds is 8. The monoisotopic (exact) mass is 506 g/mol. The lowest BCUT2D eigenvalue weighted by Gasteiger charge is -2.28. The van der Waals surface area contributed by atoms with Gasteiger partial charge in [0.2, 0.25) is 11.8 Å². The van der Waals surface area contributed by atoms with Crippen molar-refractivity contribution in [2.45, 2.75) is 57.5 Å². The first-order valence-electron chi connectivity index (χ1n) is 12.6. The molecule has 2 aromatic carbocycles. The number of hydrogen-bond acceptors (Lipinski definition) is 4. The summed E-state index contributed by atoms with van der Waals surface area (Å²) in [4.78, 5) is 28.8. The lowest BCUT2D eigenvalue weighted by atomic mass is 9.84. The fourth-order valence-corrected chi connectivity index (χ4v) is 4.95. The summed E-state index contributed by atoms with van der Waals surface area (Å²) < 4.78 is 26.0. The molecule has 0 radical (unpaired) electrons. The van der Waals surface area contributed by atoms with Crippen molar-refractivity contribution in [1.29, 1.82) is 0 Å². The molecule has 1 aromatic heterocycles. The summed E-state index contributed by atoms with van der Waals surface area (Å²) in [7, 11) is 0. The Labute approximate surface area is 215 Å². The Bertz CT molecular complexity index is 1220. The Morgan fingerprint density at radius 1 is 0.973 bits per heavy atom. The largest absolute Gasteiger partial charge is 0.354 e. The highest BCUT2D eigenvalue weighted by atomic mass is 19.3. The third-order valence-electron chi connectivity index (χ3n) is 6.87. The Morgan fingerprint density at radius 3 is 2.30 bits per heavy atom. The Balaban J connectivity index is 1.50. The predicted octanol–water partition coefficient (Wildman–Crippen LogP) is 5.70. The van der Waals surface area contributed by atoms with E-state index in [0.717, 1.165) is 42.4 Å². The van der Waals surface area contributed by atoms with E-state index in [0.29, 0.717) is 23.4 Å². The second-order valence-corrected chi connectivity index (χ2v) is 9.60. The Hall–Kier alpha value is -3.65. The number of nitrogens with zero attached hydrogens (tertiary/aromatic N) is 1. The maximum atomic E-state index is 13.0. The number of nitrogens with one attached hydrogen (secondary N) is 2. The Morgan fingerprint density at radius 2 is 1.65 bits per heavy atom. The molecule has 1 saturated carbocycles. The van der Waals surface area contributed by atoms with E-state index in [1.54, 1.807) is 36.5 Å². The van der Waals surface area contributed by atoms with Gasteiger partial charge in [-0.05, 0) is 60.4 Å². The molecule has 0 saturated heterocycles. The van der Waals surface area contributed by atoms with Crippen LogP contribution >= 0.6 is 0 Å². The molecule has 37 heavy (non-hydrogen) atoms. The predicted molar refractivity (Wildman–Crippen MR) is 141 cm³/mol. The lowest BCUT2D eigenvalue weighted by Crippen LogP contribution is -2.36. The van der Waals surface area contributed by atoms with Crippen LogP contribution in [-0.2, 0) is 9.59 Å². The zero-order chi connectivity index (χ0) is 26.4. The van der Waals surface area contributed by atoms with Crippen LogP contribution < -0.4 is 16.4 Å². The minimum atomic E-state index is -2.63. The first kappa shape index (κ1) is 26.4. The summed E-state index contributed by atoms with van der Waals surface area (Å²) in [5, 5.41) is 6.01. The molecule has 0 spiro atoms. The third kappa shape index (κ3) is 6.77. The summed E-state index contributed by atoms with van der Waals surface area (Å²) in [5.41, 5.74) is 9.72. The second kappa shape index (κ2) is 12.1. The average molecular weight is 507 g/mol. The van der Waals surface area contributed by atoms with E-state index in [1.165, 1.54) is 6.92 Å². The molecule has 0 unspecified atom stereocenters. The van der Waals surface area contributed by atoms with Gasteiger partial charge >= 0.3 is 0 Å². The van der Waals surface area contributed by atoms with E-state index in [4.69, 9.17) is 5.73 Å². The molecular formula is C29H32F2N4O2. The molecule has 2 amide bonds. The highest BCUT2D eigenvalue weighted by molar-refractivity contribution is 5.96. The van der Waals surface area contributed by atoms with Gasteiger partial charge in [0.15, 0.2) is 0 Å². The molecule has 1 fully saturated rings. The molecule has 8 heteroatoms. The first-order chi connectivity index (χ1) is 17.8. The molecule has 0 bridgehead atoms. The van der Waals surface area contributed by atoms with Crippen LogP contribution in [0.15, 0.2) is 66.9 Å². The first-order valence-corrected chi connectivity index (χ1v) is 12.6. The van der Waals surface area contributed by atoms with Gasteiger partial charge in [0, 0.05) is 31.1 Å². The number of aromatic nitrogens is 1. The topological polar surface area (TPSA) is 97.1 Å². The van der Waals surface area contributed by atoms with Crippen LogP contribution in [0.3, 0.4) is 0 Å². The van der Waals surface area contributed by atoms with Crippen molar-refractivity contribution in [3.05, 3.63) is 72.4 Å². The van der Waals surface area contributed by atoms with Gasteiger partial charge in [0.1, 0.15) is 0 Å². The standard InChI is InChI=1S/C29H32F2N4O2/c1-18(36)34-22-14-8-19(9-15-22)17-26(37)35-25-7-4-16-33-28(25)24-6-3-2-5-23(24)20-10-12-21(13-11-20)27(32)29(30)31/h2-7,10-13,16,19,22,27,29H,8-9,14-15,17,32H2,1H3,(H,34,36)(H,35,37)/t19?,22?,27-/m0/s1. The summed E-state index contributed by atoms with van der Waals surface area (Å²) >= 11 is 0. The van der Waals surface area contributed by atoms with Gasteiger partial charge in [0.05, 0.1) is 17.4 Å². The van der Waals surface area contributed by atoms with Crippen LogP contribution in [0, 0.1) is 5.92 Å². The van der Waals surface area contributed by atoms with Crippen molar-refractivity contribution in [1.82, 2.24) is 10.3 Å². The van der Waals surface area contributed by atoms with E-state index >= 15 is 0 Å². The van der Waals surface area contributed by atoms with Crippen LogP contribution in [0.25, 0.3) is 22.4 Å². The van der Waals surface area contributed by atoms with E-state index in [9.17, 15) is 18.4 Å².